The van der Waals surface area contributed by atoms with Gasteiger partial charge in [-0.3, -0.25) is 9.59 Å². The molecule has 1 amide bonds. The van der Waals surface area contributed by atoms with E-state index in [9.17, 15) is 22.8 Å². The number of halogens is 3. The summed E-state index contributed by atoms with van der Waals surface area (Å²) in [5.41, 5.74) is 1.09. The molecule has 2 aromatic rings. The molecular formula is C22H24F3NO4. The van der Waals surface area contributed by atoms with Crippen LogP contribution in [0, 0.1) is 6.92 Å². The van der Waals surface area contributed by atoms with Crippen molar-refractivity contribution in [3.05, 3.63) is 71.3 Å². The Morgan fingerprint density at radius 2 is 1.77 bits per heavy atom. The molecule has 0 radical (unpaired) electrons. The van der Waals surface area contributed by atoms with Crippen LogP contribution in [0.5, 0.6) is 0 Å². The average Bonchev–Trinajstić information content (AvgIpc) is 3.01. The Morgan fingerprint density at radius 1 is 1.13 bits per heavy atom. The summed E-state index contributed by atoms with van der Waals surface area (Å²) in [6.07, 6.45) is -4.77. The molecule has 1 saturated heterocycles. The Balaban J connectivity index is 0.000000386. The van der Waals surface area contributed by atoms with Crippen LogP contribution in [0.3, 0.4) is 0 Å². The number of ether oxygens (including phenoxy) is 2. The van der Waals surface area contributed by atoms with Gasteiger partial charge in [0.2, 0.25) is 5.91 Å². The Hall–Kier alpha value is -2.71. The van der Waals surface area contributed by atoms with Crippen LogP contribution in [0.2, 0.25) is 0 Å². The van der Waals surface area contributed by atoms with Crippen molar-refractivity contribution in [3.8, 4) is 0 Å². The maximum Gasteiger partial charge on any atom is 0.416 e. The van der Waals surface area contributed by atoms with Gasteiger partial charge < -0.3 is 14.8 Å². The zero-order chi connectivity index (χ0) is 22.1. The molecule has 2 atom stereocenters. The first-order valence-electron chi connectivity index (χ1n) is 9.36. The number of ketones is 1. The lowest BCUT2D eigenvalue weighted by molar-refractivity contribution is -0.137. The van der Waals surface area contributed by atoms with Gasteiger partial charge in [-0.15, -0.1) is 0 Å². The lowest BCUT2D eigenvalue weighted by Gasteiger charge is -2.14. The largest absolute Gasteiger partial charge is 0.416 e. The van der Waals surface area contributed by atoms with E-state index in [-0.39, 0.29) is 31.7 Å². The van der Waals surface area contributed by atoms with E-state index < -0.39 is 23.7 Å². The van der Waals surface area contributed by atoms with Gasteiger partial charge >= 0.3 is 6.18 Å². The summed E-state index contributed by atoms with van der Waals surface area (Å²) in [4.78, 5) is 23.1. The van der Waals surface area contributed by atoms with E-state index in [0.29, 0.717) is 5.56 Å². The molecule has 0 bridgehead atoms. The van der Waals surface area contributed by atoms with Crippen molar-refractivity contribution < 1.29 is 32.2 Å². The van der Waals surface area contributed by atoms with Gasteiger partial charge in [-0.25, -0.2) is 0 Å². The Bertz CT molecular complexity index is 823. The summed E-state index contributed by atoms with van der Waals surface area (Å²) in [5.74, 6) is -0.679. The molecule has 30 heavy (non-hydrogen) atoms. The molecule has 162 valence electrons. The number of hydrogen-bond donors (Lipinski definition) is 1. The summed E-state index contributed by atoms with van der Waals surface area (Å²) >= 11 is 0. The average molecular weight is 423 g/mol. The first-order valence-corrected chi connectivity index (χ1v) is 9.36. The summed E-state index contributed by atoms with van der Waals surface area (Å²) < 4.78 is 47.5. The number of Topliss-reactive ketones (excluding diaryl/α,β-unsaturated/α-hetero) is 1. The number of benzene rings is 2. The topological polar surface area (TPSA) is 64.6 Å². The fourth-order valence-corrected chi connectivity index (χ4v) is 2.66. The molecule has 2 aromatic carbocycles. The minimum absolute atomic E-state index is 0.00375. The van der Waals surface area contributed by atoms with Gasteiger partial charge in [-0.1, -0.05) is 48.0 Å². The molecular weight excluding hydrogens is 399 g/mol. The van der Waals surface area contributed by atoms with E-state index >= 15 is 0 Å². The van der Waals surface area contributed by atoms with E-state index in [0.717, 1.165) is 12.1 Å². The molecule has 1 aliphatic rings. The van der Waals surface area contributed by atoms with E-state index in [1.165, 1.54) is 17.7 Å². The molecule has 1 heterocycles. The monoisotopic (exact) mass is 423 g/mol. The highest BCUT2D eigenvalue weighted by Crippen LogP contribution is 2.29. The Morgan fingerprint density at radius 3 is 2.23 bits per heavy atom. The second kappa shape index (κ2) is 10.9. The van der Waals surface area contributed by atoms with E-state index in [1.54, 1.807) is 6.92 Å². The van der Waals surface area contributed by atoms with Crippen molar-refractivity contribution >= 4 is 11.7 Å². The van der Waals surface area contributed by atoms with Crippen molar-refractivity contribution in [2.75, 3.05) is 13.2 Å². The lowest BCUT2D eigenvalue weighted by Crippen LogP contribution is -2.45. The van der Waals surface area contributed by atoms with Gasteiger partial charge in [-0.2, -0.15) is 13.2 Å². The standard InChI is InChI=1S/C15H16F3NO4.C7H8/c1-9-14(12(20)7-23-9)19-13(21)8-22-6-10-2-4-11(5-3-10)15(16,17)18;1-7-5-3-2-4-6-7/h2-5,9,14H,6-8H2,1H3,(H,19,21);2-6H,1H3/t9-,14+;/m0./s1. The third kappa shape index (κ3) is 7.61. The van der Waals surface area contributed by atoms with Gasteiger partial charge in [0.15, 0.2) is 5.78 Å². The highest BCUT2D eigenvalue weighted by molar-refractivity contribution is 5.92. The van der Waals surface area contributed by atoms with Gasteiger partial charge in [0, 0.05) is 0 Å². The molecule has 0 saturated carbocycles. The number of rotatable bonds is 5. The predicted molar refractivity (Wildman–Crippen MR) is 105 cm³/mol. The highest BCUT2D eigenvalue weighted by Gasteiger charge is 2.33. The quantitative estimate of drug-likeness (QED) is 0.797. The molecule has 0 aromatic heterocycles. The van der Waals surface area contributed by atoms with Gasteiger partial charge in [0.25, 0.3) is 0 Å². The molecule has 0 spiro atoms. The van der Waals surface area contributed by atoms with Crippen molar-refractivity contribution in [2.24, 2.45) is 0 Å². The Kier molecular flexibility index (Phi) is 8.56. The number of aryl methyl sites for hydroxylation is 1. The SMILES string of the molecule is C[C@@H]1OCC(=O)[C@@H]1NC(=O)COCc1ccc(C(F)(F)F)cc1.Cc1ccccc1. The number of amides is 1. The van der Waals surface area contributed by atoms with E-state index in [4.69, 9.17) is 9.47 Å². The van der Waals surface area contributed by atoms with Crippen LogP contribution in [0.1, 0.15) is 23.6 Å². The van der Waals surface area contributed by atoms with Crippen molar-refractivity contribution in [1.82, 2.24) is 5.32 Å². The minimum atomic E-state index is -4.38. The fourth-order valence-electron chi connectivity index (χ4n) is 2.66. The van der Waals surface area contributed by atoms with Crippen LogP contribution >= 0.6 is 0 Å². The van der Waals surface area contributed by atoms with Crippen molar-refractivity contribution in [3.63, 3.8) is 0 Å². The Labute approximate surface area is 173 Å². The first-order chi connectivity index (χ1) is 14.2. The summed E-state index contributed by atoms with van der Waals surface area (Å²) in [6, 6.07) is 14.1. The summed E-state index contributed by atoms with van der Waals surface area (Å²) in [6.45, 7) is 3.44. The smallest absolute Gasteiger partial charge is 0.368 e. The van der Waals surface area contributed by atoms with Gasteiger partial charge in [-0.05, 0) is 31.5 Å². The third-order valence-electron chi connectivity index (χ3n) is 4.34. The molecule has 5 nitrogen and oxygen atoms in total. The predicted octanol–water partition coefficient (Wildman–Crippen LogP) is 3.69. The molecule has 1 N–H and O–H groups in total. The molecule has 8 heteroatoms. The molecule has 1 aliphatic heterocycles. The molecule has 0 unspecified atom stereocenters. The van der Waals surface area contributed by atoms with Crippen LogP contribution in [0.15, 0.2) is 54.6 Å². The fraction of sp³-hybridized carbons (Fsp3) is 0.364. The van der Waals surface area contributed by atoms with Crippen LogP contribution in [0.4, 0.5) is 13.2 Å². The zero-order valence-corrected chi connectivity index (χ0v) is 16.7. The zero-order valence-electron chi connectivity index (χ0n) is 16.7. The number of carbonyl (C=O) groups excluding carboxylic acids is 2. The minimum Gasteiger partial charge on any atom is -0.368 e. The summed E-state index contributed by atoms with van der Waals surface area (Å²) in [7, 11) is 0. The molecule has 0 aliphatic carbocycles. The van der Waals surface area contributed by atoms with Crippen LogP contribution in [-0.2, 0) is 31.8 Å². The highest BCUT2D eigenvalue weighted by atomic mass is 19.4. The first kappa shape index (κ1) is 23.6. The number of hydrogen-bond acceptors (Lipinski definition) is 4. The normalized spacial score (nSPS) is 18.5. The van der Waals surface area contributed by atoms with Crippen LogP contribution in [-0.4, -0.2) is 37.0 Å². The maximum atomic E-state index is 12.4. The third-order valence-corrected chi connectivity index (χ3v) is 4.34. The number of alkyl halides is 3. The summed E-state index contributed by atoms with van der Waals surface area (Å²) in [5, 5.41) is 2.51. The second-order valence-corrected chi connectivity index (χ2v) is 6.87. The molecule has 1 fully saturated rings. The van der Waals surface area contributed by atoms with Crippen molar-refractivity contribution in [1.29, 1.82) is 0 Å². The number of carbonyl (C=O) groups is 2. The van der Waals surface area contributed by atoms with Gasteiger partial charge in [0.1, 0.15) is 19.3 Å². The second-order valence-electron chi connectivity index (χ2n) is 6.87. The number of nitrogens with one attached hydrogen (secondary N) is 1. The lowest BCUT2D eigenvalue weighted by atomic mass is 10.1. The van der Waals surface area contributed by atoms with Crippen LogP contribution in [0.25, 0.3) is 0 Å². The van der Waals surface area contributed by atoms with E-state index in [1.807, 2.05) is 18.2 Å². The van der Waals surface area contributed by atoms with Crippen molar-refractivity contribution in [2.45, 2.75) is 38.8 Å². The van der Waals surface area contributed by atoms with Gasteiger partial charge in [0.05, 0.1) is 18.3 Å². The van der Waals surface area contributed by atoms with E-state index in [2.05, 4.69) is 24.4 Å². The maximum absolute atomic E-state index is 12.4. The molecule has 3 rings (SSSR count). The van der Waals surface area contributed by atoms with Crippen LogP contribution < -0.4 is 5.32 Å².